The van der Waals surface area contributed by atoms with Gasteiger partial charge >= 0.3 is 0 Å². The van der Waals surface area contributed by atoms with Gasteiger partial charge in [-0.05, 0) is 0 Å². The van der Waals surface area contributed by atoms with Gasteiger partial charge < -0.3 is 16.4 Å². The number of thiocarbonyl (C=S) groups is 1. The molecule has 0 aromatic heterocycles. The summed E-state index contributed by atoms with van der Waals surface area (Å²) in [6.07, 6.45) is 0. The third kappa shape index (κ3) is 3.81. The maximum atomic E-state index is 9.24. The van der Waals surface area contributed by atoms with Crippen molar-refractivity contribution in [3.8, 4) is 0 Å². The molecule has 4 N–H and O–H groups in total. The van der Waals surface area contributed by atoms with Crippen molar-refractivity contribution in [3.05, 3.63) is 5.21 Å². The van der Waals surface area contributed by atoms with Gasteiger partial charge in [0.25, 0.3) is 5.11 Å². The summed E-state index contributed by atoms with van der Waals surface area (Å²) < 4.78 is 0. The largest absolute Gasteiger partial charge is 0.629 e. The fraction of sp³-hybridized carbons (Fsp3) is 0. The third-order valence-electron chi connectivity index (χ3n) is 0.116. The fourth-order valence-corrected chi connectivity index (χ4v) is 0. The predicted molar refractivity (Wildman–Crippen MR) is 22.1 cm³/mol. The van der Waals surface area contributed by atoms with Crippen molar-refractivity contribution >= 4 is 17.3 Å². The molecule has 4 heteroatoms. The number of nitrogens with two attached hydrogens (primary N) is 2. The average molecular weight is 92.1 g/mol. The summed E-state index contributed by atoms with van der Waals surface area (Å²) in [6, 6.07) is 0. The van der Waals surface area contributed by atoms with Gasteiger partial charge in [-0.25, -0.2) is 0 Å². The van der Waals surface area contributed by atoms with E-state index in [1.54, 1.807) is 0 Å². The molecule has 0 aliphatic rings. The molecule has 0 bridgehead atoms. The lowest BCUT2D eigenvalue weighted by atomic mass is 11.2. The highest BCUT2D eigenvalue weighted by Gasteiger charge is 1.69. The maximum Gasteiger partial charge on any atom is 0.263 e. The van der Waals surface area contributed by atoms with Crippen LogP contribution in [0.2, 0.25) is 0 Å². The Balaban J connectivity index is 2.85. The molecular formula is CH4N2OS. The molecule has 5 heavy (non-hydrogen) atoms. The Bertz CT molecular complexity index is 44.9. The number of rotatable bonds is 0. The average Bonchev–Trinajstić information content (AvgIpc) is 1.38. The quantitative estimate of drug-likeness (QED) is 0.276. The molecule has 0 heterocycles. The van der Waals surface area contributed by atoms with Crippen LogP contribution in [-0.4, -0.2) is 5.11 Å². The zero-order valence-electron chi connectivity index (χ0n) is 2.47. The molecule has 0 unspecified atom stereocenters. The molecule has 0 aromatic carbocycles. The van der Waals surface area contributed by atoms with E-state index in [-0.39, 0.29) is 5.11 Å². The predicted octanol–water partition coefficient (Wildman–Crippen LogP) is -1.71. The zero-order valence-corrected chi connectivity index (χ0v) is 3.29. The first-order valence-electron chi connectivity index (χ1n) is 1.02. The lowest BCUT2D eigenvalue weighted by Crippen LogP contribution is -2.83. The zero-order chi connectivity index (χ0) is 4.28. The lowest BCUT2D eigenvalue weighted by molar-refractivity contribution is -0.460. The summed E-state index contributed by atoms with van der Waals surface area (Å²) in [6.45, 7) is 0. The van der Waals surface area contributed by atoms with Gasteiger partial charge in [-0.1, -0.05) is 0 Å². The van der Waals surface area contributed by atoms with Crippen molar-refractivity contribution in [1.29, 1.82) is 0 Å². The first-order valence-corrected chi connectivity index (χ1v) is 1.43. The van der Waals surface area contributed by atoms with E-state index in [9.17, 15) is 5.21 Å². The Kier molecular flexibility index (Phi) is 1.99. The van der Waals surface area contributed by atoms with Crippen molar-refractivity contribution < 1.29 is 5.48 Å². The summed E-state index contributed by atoms with van der Waals surface area (Å²) in [4.78, 5) is 0. The lowest BCUT2D eigenvalue weighted by Gasteiger charge is -1.90. The van der Waals surface area contributed by atoms with Gasteiger partial charge in [-0.15, -0.1) is 0 Å². The molecule has 3 nitrogen and oxygen atoms in total. The van der Waals surface area contributed by atoms with Crippen LogP contribution in [0.4, 0.5) is 0 Å². The second-order valence-electron chi connectivity index (χ2n) is 0.520. The highest BCUT2D eigenvalue weighted by molar-refractivity contribution is 7.79. The van der Waals surface area contributed by atoms with Gasteiger partial charge in [0.1, 0.15) is 0 Å². The van der Waals surface area contributed by atoms with E-state index in [1.807, 2.05) is 0 Å². The molecule has 0 aliphatic heterocycles. The van der Waals surface area contributed by atoms with Crippen LogP contribution < -0.4 is 11.2 Å². The van der Waals surface area contributed by atoms with Crippen LogP contribution in [0.25, 0.3) is 0 Å². The molecule has 0 fully saturated rings. The summed E-state index contributed by atoms with van der Waals surface area (Å²) in [7, 11) is 0. The maximum absolute atomic E-state index is 9.24. The molecule has 0 saturated carbocycles. The van der Waals surface area contributed by atoms with Crippen LogP contribution in [0.15, 0.2) is 0 Å². The first-order chi connectivity index (χ1) is 2.27. The fourth-order valence-electron chi connectivity index (χ4n) is 0. The van der Waals surface area contributed by atoms with Crippen molar-refractivity contribution in [3.63, 3.8) is 0 Å². The Hall–Kier alpha value is -0.190. The monoisotopic (exact) mass is 92.0 g/mol. The summed E-state index contributed by atoms with van der Waals surface area (Å²) in [5.41, 5.74) is 5.08. The molecule has 0 spiro atoms. The standard InChI is InChI=1S/CH4N2OS/c2-1(5)3-4/h3H2,(H2,2,5). The van der Waals surface area contributed by atoms with E-state index in [2.05, 4.69) is 18.0 Å². The highest BCUT2D eigenvalue weighted by atomic mass is 32.1. The second-order valence-corrected chi connectivity index (χ2v) is 0.992. The molecular weight excluding hydrogens is 88.1 g/mol. The molecule has 0 radical (unpaired) electrons. The van der Waals surface area contributed by atoms with E-state index in [0.717, 1.165) is 0 Å². The Morgan fingerprint density at radius 1 is 2.00 bits per heavy atom. The van der Waals surface area contributed by atoms with Crippen LogP contribution in [0.5, 0.6) is 0 Å². The molecule has 30 valence electrons. The minimum atomic E-state index is -0.0926. The van der Waals surface area contributed by atoms with E-state index in [4.69, 9.17) is 0 Å². The Morgan fingerprint density at radius 2 is 2.20 bits per heavy atom. The van der Waals surface area contributed by atoms with Gasteiger partial charge in [0.2, 0.25) is 0 Å². The van der Waals surface area contributed by atoms with Gasteiger partial charge in [-0.2, -0.15) is 0 Å². The molecule has 0 aliphatic carbocycles. The highest BCUT2D eigenvalue weighted by Crippen LogP contribution is 1.31. The first kappa shape index (κ1) is 4.81. The minimum absolute atomic E-state index is 0.0926. The number of hydrogen-bond donors (Lipinski definition) is 2. The van der Waals surface area contributed by atoms with E-state index < -0.39 is 0 Å². The van der Waals surface area contributed by atoms with Gasteiger partial charge in [-0.3, -0.25) is 0 Å². The van der Waals surface area contributed by atoms with Crippen LogP contribution in [0, 0.1) is 5.21 Å². The third-order valence-corrected chi connectivity index (χ3v) is 0.212. The number of hydroxylamine groups is 1. The van der Waals surface area contributed by atoms with Crippen LogP contribution in [-0.2, 0) is 0 Å². The normalized spacial score (nSPS) is 7.40. The SMILES string of the molecule is NC(=S)[NH2+][O-]. The van der Waals surface area contributed by atoms with Gasteiger partial charge in [0.05, 0.1) is 0 Å². The van der Waals surface area contributed by atoms with Gasteiger partial charge in [0, 0.05) is 12.2 Å². The van der Waals surface area contributed by atoms with Crippen molar-refractivity contribution in [2.45, 2.75) is 0 Å². The minimum Gasteiger partial charge on any atom is -0.629 e. The molecule has 0 atom stereocenters. The van der Waals surface area contributed by atoms with Crippen LogP contribution in [0.3, 0.4) is 0 Å². The van der Waals surface area contributed by atoms with E-state index in [1.165, 1.54) is 0 Å². The summed E-state index contributed by atoms with van der Waals surface area (Å²) in [5, 5.41) is 9.15. The summed E-state index contributed by atoms with van der Waals surface area (Å²) in [5.74, 6) is 0. The van der Waals surface area contributed by atoms with Crippen molar-refractivity contribution in [2.24, 2.45) is 5.73 Å². The molecule has 0 rings (SSSR count). The van der Waals surface area contributed by atoms with Crippen LogP contribution >= 0.6 is 12.2 Å². The van der Waals surface area contributed by atoms with Crippen LogP contribution in [0.1, 0.15) is 0 Å². The van der Waals surface area contributed by atoms with Crippen molar-refractivity contribution in [1.82, 2.24) is 0 Å². The molecule has 0 aromatic rings. The molecule has 0 saturated heterocycles. The topological polar surface area (TPSA) is 65.7 Å². The Morgan fingerprint density at radius 3 is 2.20 bits per heavy atom. The number of quaternary nitrogens is 1. The molecule has 0 amide bonds. The smallest absolute Gasteiger partial charge is 0.263 e. The number of hydrogen-bond acceptors (Lipinski definition) is 2. The second kappa shape index (κ2) is 2.07. The van der Waals surface area contributed by atoms with Gasteiger partial charge in [0.15, 0.2) is 0 Å². The van der Waals surface area contributed by atoms with Crippen molar-refractivity contribution in [2.75, 3.05) is 0 Å². The summed E-state index contributed by atoms with van der Waals surface area (Å²) >= 11 is 4.11. The van der Waals surface area contributed by atoms with E-state index >= 15 is 0 Å². The van der Waals surface area contributed by atoms with E-state index in [0.29, 0.717) is 5.48 Å². The Labute approximate surface area is 34.7 Å².